The van der Waals surface area contributed by atoms with Crippen LogP contribution in [0, 0.1) is 6.92 Å². The monoisotopic (exact) mass is 373 g/mol. The zero-order chi connectivity index (χ0) is 19.3. The van der Waals surface area contributed by atoms with Crippen molar-refractivity contribution >= 4 is 16.8 Å². The molecule has 0 radical (unpaired) electrons. The number of amides is 1. The van der Waals surface area contributed by atoms with Crippen LogP contribution in [0.15, 0.2) is 67.3 Å². The number of fused-ring (bicyclic) bond motifs is 1. The van der Waals surface area contributed by atoms with Gasteiger partial charge in [0, 0.05) is 23.1 Å². The summed E-state index contributed by atoms with van der Waals surface area (Å²) < 4.78 is 1.78. The molecule has 2 heterocycles. The number of aromatic nitrogens is 4. The van der Waals surface area contributed by atoms with E-state index in [0.29, 0.717) is 13.0 Å². The van der Waals surface area contributed by atoms with E-state index in [0.717, 1.165) is 34.1 Å². The zero-order valence-electron chi connectivity index (χ0n) is 15.8. The van der Waals surface area contributed by atoms with Crippen LogP contribution in [0.4, 0.5) is 0 Å². The molecule has 6 nitrogen and oxygen atoms in total. The second kappa shape index (κ2) is 8.08. The minimum atomic E-state index is -0.0802. The van der Waals surface area contributed by atoms with E-state index in [2.05, 4.69) is 26.4 Å². The maximum Gasteiger partial charge on any atom is 0.224 e. The molecule has 0 aliphatic rings. The highest BCUT2D eigenvalue weighted by Crippen LogP contribution is 2.23. The molecule has 142 valence electrons. The summed E-state index contributed by atoms with van der Waals surface area (Å²) in [6, 6.07) is 18.1. The number of aryl methyl sites for hydroxylation is 2. The van der Waals surface area contributed by atoms with Crippen LogP contribution in [0.2, 0.25) is 0 Å². The minimum Gasteiger partial charge on any atom is -0.358 e. The molecule has 4 rings (SSSR count). The number of benzene rings is 2. The topological polar surface area (TPSA) is 75.6 Å². The molecule has 0 saturated carbocycles. The first-order valence-electron chi connectivity index (χ1n) is 9.43. The largest absolute Gasteiger partial charge is 0.358 e. The molecule has 2 aromatic heterocycles. The van der Waals surface area contributed by atoms with E-state index in [1.54, 1.807) is 11.0 Å². The van der Waals surface area contributed by atoms with Gasteiger partial charge < -0.3 is 10.3 Å². The molecule has 2 N–H and O–H groups in total. The summed E-state index contributed by atoms with van der Waals surface area (Å²) in [5.41, 5.74) is 4.24. The van der Waals surface area contributed by atoms with Crippen molar-refractivity contribution in [2.45, 2.75) is 32.4 Å². The molecule has 0 aliphatic heterocycles. The Balaban J connectivity index is 1.50. The lowest BCUT2D eigenvalue weighted by atomic mass is 10.0. The number of para-hydroxylation sites is 1. The van der Waals surface area contributed by atoms with Crippen molar-refractivity contribution in [1.29, 1.82) is 0 Å². The second-order valence-electron chi connectivity index (χ2n) is 6.93. The van der Waals surface area contributed by atoms with Crippen molar-refractivity contribution in [2.24, 2.45) is 0 Å². The first kappa shape index (κ1) is 18.0. The summed E-state index contributed by atoms with van der Waals surface area (Å²) in [6.45, 7) is 2.70. The molecular formula is C22H23N5O. The number of H-pyrrole nitrogens is 1. The zero-order valence-corrected chi connectivity index (χ0v) is 15.8. The number of nitrogens with one attached hydrogen (secondary N) is 2. The van der Waals surface area contributed by atoms with Gasteiger partial charge in [-0.2, -0.15) is 5.10 Å². The Labute approximate surface area is 163 Å². The van der Waals surface area contributed by atoms with E-state index in [1.165, 1.54) is 6.33 Å². The molecule has 6 heteroatoms. The van der Waals surface area contributed by atoms with Crippen LogP contribution >= 0.6 is 0 Å². The molecular weight excluding hydrogens is 350 g/mol. The van der Waals surface area contributed by atoms with Crippen LogP contribution in [0.3, 0.4) is 0 Å². The summed E-state index contributed by atoms with van der Waals surface area (Å²) in [5.74, 6) is 0.0142. The van der Waals surface area contributed by atoms with Crippen molar-refractivity contribution < 1.29 is 4.79 Å². The third-order valence-corrected chi connectivity index (χ3v) is 5.01. The standard InChI is InChI=1S/C22H23N5O/c1-16-19(18-9-5-6-10-21(18)25-16)13-22(28)26-20(17-7-3-2-4-8-17)11-12-27-15-23-14-24-27/h2-10,14-15,20,25H,11-13H2,1H3,(H,26,28). The van der Waals surface area contributed by atoms with Crippen LogP contribution in [0.1, 0.15) is 29.3 Å². The van der Waals surface area contributed by atoms with Crippen molar-refractivity contribution in [3.8, 4) is 0 Å². The van der Waals surface area contributed by atoms with Crippen molar-refractivity contribution in [3.05, 3.63) is 84.1 Å². The molecule has 0 fully saturated rings. The molecule has 1 amide bonds. The smallest absolute Gasteiger partial charge is 0.224 e. The molecule has 2 aromatic carbocycles. The Morgan fingerprint density at radius 3 is 2.71 bits per heavy atom. The van der Waals surface area contributed by atoms with Gasteiger partial charge in [0.25, 0.3) is 0 Å². The summed E-state index contributed by atoms with van der Waals surface area (Å²) in [6.07, 6.45) is 4.31. The number of hydrogen-bond donors (Lipinski definition) is 2. The predicted octanol–water partition coefficient (Wildman–Crippen LogP) is 3.56. The van der Waals surface area contributed by atoms with Crippen molar-refractivity contribution in [3.63, 3.8) is 0 Å². The van der Waals surface area contributed by atoms with Gasteiger partial charge in [0.05, 0.1) is 12.5 Å². The van der Waals surface area contributed by atoms with Gasteiger partial charge in [-0.15, -0.1) is 0 Å². The Morgan fingerprint density at radius 1 is 1.14 bits per heavy atom. The van der Waals surface area contributed by atoms with Crippen molar-refractivity contribution in [2.75, 3.05) is 0 Å². The Bertz CT molecular complexity index is 1050. The molecule has 4 aromatic rings. The third-order valence-electron chi connectivity index (χ3n) is 5.01. The molecule has 0 aliphatic carbocycles. The number of aromatic amines is 1. The summed E-state index contributed by atoms with van der Waals surface area (Å²) in [4.78, 5) is 20.2. The number of carbonyl (C=O) groups excluding carboxylic acids is 1. The highest BCUT2D eigenvalue weighted by Gasteiger charge is 2.17. The number of carbonyl (C=O) groups is 1. The average molecular weight is 373 g/mol. The maximum atomic E-state index is 12.9. The second-order valence-corrected chi connectivity index (χ2v) is 6.93. The van der Waals surface area contributed by atoms with Gasteiger partial charge in [-0.1, -0.05) is 48.5 Å². The lowest BCUT2D eigenvalue weighted by Crippen LogP contribution is -2.30. The third kappa shape index (κ3) is 3.96. The van der Waals surface area contributed by atoms with E-state index >= 15 is 0 Å². The van der Waals surface area contributed by atoms with E-state index < -0.39 is 0 Å². The van der Waals surface area contributed by atoms with Crippen LogP contribution < -0.4 is 5.32 Å². The van der Waals surface area contributed by atoms with Crippen molar-refractivity contribution in [1.82, 2.24) is 25.1 Å². The number of hydrogen-bond acceptors (Lipinski definition) is 3. The Kier molecular flexibility index (Phi) is 5.19. The molecule has 1 atom stereocenters. The lowest BCUT2D eigenvalue weighted by molar-refractivity contribution is -0.121. The van der Waals surface area contributed by atoms with Gasteiger partial charge in [0.2, 0.25) is 5.91 Å². The first-order chi connectivity index (χ1) is 13.7. The van der Waals surface area contributed by atoms with Crippen LogP contribution in [-0.4, -0.2) is 25.7 Å². The molecule has 1 unspecified atom stereocenters. The number of rotatable bonds is 7. The predicted molar refractivity (Wildman–Crippen MR) is 109 cm³/mol. The Morgan fingerprint density at radius 2 is 1.93 bits per heavy atom. The molecule has 28 heavy (non-hydrogen) atoms. The van der Waals surface area contributed by atoms with Crippen LogP contribution in [0.25, 0.3) is 10.9 Å². The van der Waals surface area contributed by atoms with Gasteiger partial charge in [-0.3, -0.25) is 9.48 Å². The van der Waals surface area contributed by atoms with E-state index in [4.69, 9.17) is 0 Å². The van der Waals surface area contributed by atoms with Gasteiger partial charge in [-0.05, 0) is 30.5 Å². The van der Waals surface area contributed by atoms with Crippen LogP contribution in [-0.2, 0) is 17.8 Å². The average Bonchev–Trinajstić information content (AvgIpc) is 3.34. The normalized spacial score (nSPS) is 12.2. The van der Waals surface area contributed by atoms with Gasteiger partial charge in [0.15, 0.2) is 0 Å². The first-order valence-corrected chi connectivity index (χ1v) is 9.43. The summed E-state index contributed by atoms with van der Waals surface area (Å²) >= 11 is 0. The van der Waals surface area contributed by atoms with Gasteiger partial charge in [0.1, 0.15) is 12.7 Å². The highest BCUT2D eigenvalue weighted by molar-refractivity contribution is 5.90. The fourth-order valence-electron chi connectivity index (χ4n) is 3.59. The fraction of sp³-hybridized carbons (Fsp3) is 0.227. The lowest BCUT2D eigenvalue weighted by Gasteiger charge is -2.19. The van der Waals surface area contributed by atoms with Gasteiger partial charge in [-0.25, -0.2) is 4.98 Å². The van der Waals surface area contributed by atoms with E-state index in [-0.39, 0.29) is 11.9 Å². The maximum absolute atomic E-state index is 12.9. The molecule has 0 bridgehead atoms. The Hall–Kier alpha value is -3.41. The van der Waals surface area contributed by atoms with Crippen LogP contribution in [0.5, 0.6) is 0 Å². The SMILES string of the molecule is Cc1[nH]c2ccccc2c1CC(=O)NC(CCn1cncn1)c1ccccc1. The summed E-state index contributed by atoms with van der Waals surface area (Å²) in [5, 5.41) is 8.47. The van der Waals surface area contributed by atoms with E-state index in [9.17, 15) is 4.79 Å². The summed E-state index contributed by atoms with van der Waals surface area (Å²) in [7, 11) is 0. The molecule has 0 saturated heterocycles. The van der Waals surface area contributed by atoms with Gasteiger partial charge >= 0.3 is 0 Å². The quantitative estimate of drug-likeness (QED) is 0.520. The van der Waals surface area contributed by atoms with E-state index in [1.807, 2.05) is 55.5 Å². The highest BCUT2D eigenvalue weighted by atomic mass is 16.1. The minimum absolute atomic E-state index is 0.0142. The fourth-order valence-corrected chi connectivity index (χ4v) is 3.59. The number of nitrogens with zero attached hydrogens (tertiary/aromatic N) is 3. The molecule has 0 spiro atoms.